The van der Waals surface area contributed by atoms with Crippen molar-refractivity contribution in [3.05, 3.63) is 54.1 Å². The van der Waals surface area contributed by atoms with Crippen LogP contribution in [0.3, 0.4) is 0 Å². The van der Waals surface area contributed by atoms with Crippen LogP contribution in [0.1, 0.15) is 11.3 Å². The van der Waals surface area contributed by atoms with E-state index in [2.05, 4.69) is 38.5 Å². The highest BCUT2D eigenvalue weighted by Gasteiger charge is 2.26. The summed E-state index contributed by atoms with van der Waals surface area (Å²) >= 11 is 3.93. The second kappa shape index (κ2) is 12.5. The first-order valence-electron chi connectivity index (χ1n) is 9.78. The third kappa shape index (κ3) is 8.04. The molecule has 0 spiro atoms. The molecule has 3 amide bonds. The van der Waals surface area contributed by atoms with Crippen LogP contribution in [0.2, 0.25) is 0 Å². The Morgan fingerprint density at radius 1 is 1.06 bits per heavy atom. The number of carbonyl (C=O) groups is 4. The molecule has 32 heavy (non-hydrogen) atoms. The van der Waals surface area contributed by atoms with Crippen molar-refractivity contribution in [3.63, 3.8) is 0 Å². The van der Waals surface area contributed by atoms with E-state index in [0.717, 1.165) is 5.56 Å². The number of nitrogens with two attached hydrogens (primary N) is 1. The van der Waals surface area contributed by atoms with E-state index < -0.39 is 48.4 Å². The number of hydrogen-bond donors (Lipinski definition) is 7. The summed E-state index contributed by atoms with van der Waals surface area (Å²) in [5.74, 6) is -3.19. The molecule has 7 N–H and O–H groups in total. The van der Waals surface area contributed by atoms with Gasteiger partial charge in [-0.15, -0.1) is 0 Å². The van der Waals surface area contributed by atoms with Gasteiger partial charge in [0, 0.05) is 30.5 Å². The zero-order valence-corrected chi connectivity index (χ0v) is 18.0. The first kappa shape index (κ1) is 24.9. The summed E-state index contributed by atoms with van der Waals surface area (Å²) in [5, 5.41) is 16.5. The highest BCUT2D eigenvalue weighted by Crippen LogP contribution is 2.04. The van der Waals surface area contributed by atoms with Crippen molar-refractivity contribution in [2.45, 2.75) is 31.0 Å². The first-order chi connectivity index (χ1) is 15.3. The molecule has 0 aliphatic heterocycles. The zero-order valence-electron chi connectivity index (χ0n) is 17.2. The number of rotatable bonds is 12. The predicted molar refractivity (Wildman–Crippen MR) is 119 cm³/mol. The first-order valence-corrected chi connectivity index (χ1v) is 10.4. The van der Waals surface area contributed by atoms with Crippen LogP contribution in [0.4, 0.5) is 0 Å². The molecule has 2 aromatic rings. The van der Waals surface area contributed by atoms with E-state index in [0.29, 0.717) is 5.69 Å². The highest BCUT2D eigenvalue weighted by molar-refractivity contribution is 7.80. The molecule has 1 aromatic heterocycles. The monoisotopic (exact) mass is 462 g/mol. The van der Waals surface area contributed by atoms with Crippen molar-refractivity contribution in [2.24, 2.45) is 5.73 Å². The summed E-state index contributed by atoms with van der Waals surface area (Å²) in [6.45, 7) is -0.400. The predicted octanol–water partition coefficient (Wildman–Crippen LogP) is -1.38. The lowest BCUT2D eigenvalue weighted by molar-refractivity contribution is -0.141. The van der Waals surface area contributed by atoms with E-state index in [1.165, 1.54) is 6.33 Å². The van der Waals surface area contributed by atoms with Gasteiger partial charge in [-0.3, -0.25) is 14.4 Å². The standard InChI is InChI=1S/C20H26N6O5S/c21-14(7-13-8-22-11-24-13)18(28)23-9-17(27)25-15(6-12-4-2-1-3-5-12)19(29)26-16(10-32)20(30)31/h1-5,8,11,14-16,32H,6-7,9-10,21H2,(H,22,24)(H,23,28)(H,25,27)(H,26,29)(H,30,31). The van der Waals surface area contributed by atoms with E-state index in [1.807, 2.05) is 0 Å². The Balaban J connectivity index is 1.96. The van der Waals surface area contributed by atoms with Crippen LogP contribution >= 0.6 is 12.6 Å². The fraction of sp³-hybridized carbons (Fsp3) is 0.350. The molecule has 3 unspecified atom stereocenters. The number of carbonyl (C=O) groups excluding carboxylic acids is 3. The van der Waals surface area contributed by atoms with E-state index in [1.54, 1.807) is 36.5 Å². The number of nitrogens with zero attached hydrogens (tertiary/aromatic N) is 1. The number of aromatic nitrogens is 2. The molecular formula is C20H26N6O5S. The third-order valence-electron chi connectivity index (χ3n) is 4.49. The van der Waals surface area contributed by atoms with Crippen LogP contribution in [0.15, 0.2) is 42.9 Å². The second-order valence-electron chi connectivity index (χ2n) is 7.00. The summed E-state index contributed by atoms with van der Waals surface area (Å²) in [6.07, 6.45) is 3.35. The summed E-state index contributed by atoms with van der Waals surface area (Å²) < 4.78 is 0. The molecule has 0 fully saturated rings. The third-order valence-corrected chi connectivity index (χ3v) is 4.85. The molecule has 0 saturated heterocycles. The molecule has 1 heterocycles. The van der Waals surface area contributed by atoms with Crippen molar-refractivity contribution < 1.29 is 24.3 Å². The fourth-order valence-electron chi connectivity index (χ4n) is 2.79. The average Bonchev–Trinajstić information content (AvgIpc) is 3.28. The normalized spacial score (nSPS) is 13.4. The van der Waals surface area contributed by atoms with Crippen LogP contribution in [0, 0.1) is 0 Å². The lowest BCUT2D eigenvalue weighted by Gasteiger charge is -2.21. The highest BCUT2D eigenvalue weighted by atomic mass is 32.1. The molecule has 0 aliphatic carbocycles. The number of carboxylic acid groups (broad SMARTS) is 1. The molecule has 0 aliphatic rings. The van der Waals surface area contributed by atoms with Gasteiger partial charge < -0.3 is 31.8 Å². The van der Waals surface area contributed by atoms with Crippen molar-refractivity contribution in [1.29, 1.82) is 0 Å². The molecule has 0 bridgehead atoms. The Hall–Kier alpha value is -3.38. The Labute approximate surface area is 190 Å². The van der Waals surface area contributed by atoms with E-state index in [-0.39, 0.29) is 18.6 Å². The number of aliphatic carboxylic acids is 1. The molecule has 11 nitrogen and oxygen atoms in total. The number of benzene rings is 1. The minimum Gasteiger partial charge on any atom is -0.480 e. The summed E-state index contributed by atoms with van der Waals surface area (Å²) in [6, 6.07) is 5.76. The Bertz CT molecular complexity index is 908. The second-order valence-corrected chi connectivity index (χ2v) is 7.36. The van der Waals surface area contributed by atoms with Gasteiger partial charge in [0.05, 0.1) is 18.9 Å². The van der Waals surface area contributed by atoms with Gasteiger partial charge in [-0.1, -0.05) is 30.3 Å². The van der Waals surface area contributed by atoms with Crippen LogP contribution in [-0.2, 0) is 32.0 Å². The van der Waals surface area contributed by atoms with Crippen LogP contribution in [0.5, 0.6) is 0 Å². The molecular weight excluding hydrogens is 436 g/mol. The number of nitrogens with one attached hydrogen (secondary N) is 4. The van der Waals surface area contributed by atoms with Crippen molar-refractivity contribution in [2.75, 3.05) is 12.3 Å². The number of imidazole rings is 1. The van der Waals surface area contributed by atoms with Crippen molar-refractivity contribution >= 4 is 36.3 Å². The number of thiol groups is 1. The van der Waals surface area contributed by atoms with Crippen molar-refractivity contribution in [3.8, 4) is 0 Å². The summed E-state index contributed by atoms with van der Waals surface area (Å²) in [7, 11) is 0. The van der Waals surface area contributed by atoms with E-state index in [9.17, 15) is 19.2 Å². The summed E-state index contributed by atoms with van der Waals surface area (Å²) in [5.41, 5.74) is 7.26. The Kier molecular flexibility index (Phi) is 9.70. The maximum atomic E-state index is 12.6. The smallest absolute Gasteiger partial charge is 0.327 e. The number of aromatic amines is 1. The quantitative estimate of drug-likeness (QED) is 0.190. The van der Waals surface area contributed by atoms with Crippen LogP contribution < -0.4 is 21.7 Å². The molecule has 12 heteroatoms. The fourth-order valence-corrected chi connectivity index (χ4v) is 3.03. The number of hydrogen-bond acceptors (Lipinski definition) is 7. The minimum absolute atomic E-state index is 0.114. The molecule has 0 saturated carbocycles. The zero-order chi connectivity index (χ0) is 23.5. The van der Waals surface area contributed by atoms with Crippen molar-refractivity contribution in [1.82, 2.24) is 25.9 Å². The number of H-pyrrole nitrogens is 1. The van der Waals surface area contributed by atoms with Gasteiger partial charge in [-0.2, -0.15) is 12.6 Å². The van der Waals surface area contributed by atoms with Gasteiger partial charge >= 0.3 is 5.97 Å². The molecule has 0 radical (unpaired) electrons. The van der Waals surface area contributed by atoms with E-state index in [4.69, 9.17) is 10.8 Å². The minimum atomic E-state index is -1.24. The largest absolute Gasteiger partial charge is 0.480 e. The Morgan fingerprint density at radius 3 is 2.38 bits per heavy atom. The topological polar surface area (TPSA) is 179 Å². The molecule has 172 valence electrons. The SMILES string of the molecule is NC(Cc1cnc[nH]1)C(=O)NCC(=O)NC(Cc1ccccc1)C(=O)NC(CS)C(=O)O. The van der Waals surface area contributed by atoms with Crippen LogP contribution in [0.25, 0.3) is 0 Å². The number of amides is 3. The van der Waals surface area contributed by atoms with Gasteiger partial charge in [0.2, 0.25) is 17.7 Å². The van der Waals surface area contributed by atoms with Gasteiger partial charge in [0.25, 0.3) is 0 Å². The lowest BCUT2D eigenvalue weighted by atomic mass is 10.0. The van der Waals surface area contributed by atoms with Crippen LogP contribution in [-0.4, -0.2) is 69.2 Å². The van der Waals surface area contributed by atoms with Gasteiger partial charge in [-0.05, 0) is 5.56 Å². The molecule has 3 atom stereocenters. The molecule has 2 rings (SSSR count). The Morgan fingerprint density at radius 2 is 1.78 bits per heavy atom. The van der Waals surface area contributed by atoms with Gasteiger partial charge in [0.15, 0.2) is 0 Å². The lowest BCUT2D eigenvalue weighted by Crippen LogP contribution is -2.55. The maximum Gasteiger partial charge on any atom is 0.327 e. The van der Waals surface area contributed by atoms with Gasteiger partial charge in [-0.25, -0.2) is 9.78 Å². The van der Waals surface area contributed by atoms with Gasteiger partial charge in [0.1, 0.15) is 12.1 Å². The summed E-state index contributed by atoms with van der Waals surface area (Å²) in [4.78, 5) is 55.1. The maximum absolute atomic E-state index is 12.6. The number of carboxylic acids is 1. The molecule has 1 aromatic carbocycles. The average molecular weight is 463 g/mol. The van der Waals surface area contributed by atoms with E-state index >= 15 is 0 Å².